The summed E-state index contributed by atoms with van der Waals surface area (Å²) in [6, 6.07) is 0.294. The average Bonchev–Trinajstić information content (AvgIpc) is 1.83. The maximum Gasteiger partial charge on any atom is 0.316 e. The van der Waals surface area contributed by atoms with Crippen LogP contribution in [0.5, 0.6) is 0 Å². The highest BCUT2D eigenvalue weighted by atomic mass is 35.5. The molecule has 0 aromatic heterocycles. The van der Waals surface area contributed by atoms with Crippen LogP contribution in [0.2, 0.25) is 0 Å². The molecule has 1 saturated heterocycles. The zero-order chi connectivity index (χ0) is 8.43. The smallest absolute Gasteiger partial charge is 0.316 e. The van der Waals surface area contributed by atoms with E-state index in [0.29, 0.717) is 19.1 Å². The van der Waals surface area contributed by atoms with Gasteiger partial charge in [-0.3, -0.25) is 4.79 Å². The number of carbonyl (C=O) groups excluding carboxylic acids is 1. The van der Waals surface area contributed by atoms with Gasteiger partial charge in [-0.25, -0.2) is 0 Å². The first-order chi connectivity index (χ1) is 5.15. The van der Waals surface area contributed by atoms with Crippen molar-refractivity contribution in [2.24, 2.45) is 0 Å². The van der Waals surface area contributed by atoms with Crippen molar-refractivity contribution < 1.29 is 9.63 Å². The Kier molecular flexibility index (Phi) is 2.70. The van der Waals surface area contributed by atoms with Gasteiger partial charge in [0.15, 0.2) is 0 Å². The SMILES string of the molecule is CON(C)C1CN(C(=O)Cl)C1. The topological polar surface area (TPSA) is 32.8 Å². The number of amides is 1. The van der Waals surface area contributed by atoms with Gasteiger partial charge in [-0.1, -0.05) is 0 Å². The molecule has 1 rings (SSSR count). The second kappa shape index (κ2) is 3.38. The monoisotopic (exact) mass is 178 g/mol. The molecule has 0 unspecified atom stereocenters. The molecule has 5 heteroatoms. The fourth-order valence-electron chi connectivity index (χ4n) is 0.978. The second-order valence-electron chi connectivity index (χ2n) is 2.54. The fraction of sp³-hybridized carbons (Fsp3) is 0.833. The standard InChI is InChI=1S/C6H11ClN2O2/c1-8(11-2)5-3-9(4-5)6(7)10/h5H,3-4H2,1-2H3. The number of rotatable bonds is 2. The Bertz CT molecular complexity index is 159. The largest absolute Gasteiger partial charge is 0.326 e. The number of hydrogen-bond acceptors (Lipinski definition) is 3. The van der Waals surface area contributed by atoms with E-state index in [2.05, 4.69) is 0 Å². The quantitative estimate of drug-likeness (QED) is 0.351. The molecule has 0 bridgehead atoms. The summed E-state index contributed by atoms with van der Waals surface area (Å²) in [4.78, 5) is 17.0. The average molecular weight is 179 g/mol. The molecule has 64 valence electrons. The number of carbonyl (C=O) groups is 1. The highest BCUT2D eigenvalue weighted by Crippen LogP contribution is 2.14. The van der Waals surface area contributed by atoms with E-state index >= 15 is 0 Å². The third-order valence-electron chi connectivity index (χ3n) is 1.91. The predicted octanol–water partition coefficient (Wildman–Crippen LogP) is 0.523. The molecule has 0 radical (unpaired) electrons. The van der Waals surface area contributed by atoms with E-state index in [-0.39, 0.29) is 5.37 Å². The van der Waals surface area contributed by atoms with Crippen LogP contribution in [-0.4, -0.2) is 48.6 Å². The zero-order valence-electron chi connectivity index (χ0n) is 6.58. The van der Waals surface area contributed by atoms with Gasteiger partial charge in [0.2, 0.25) is 0 Å². The molecule has 1 aliphatic heterocycles. The lowest BCUT2D eigenvalue weighted by Crippen LogP contribution is -2.58. The highest BCUT2D eigenvalue weighted by Gasteiger charge is 2.32. The number of hydroxylamine groups is 2. The minimum atomic E-state index is -0.384. The molecule has 0 atom stereocenters. The van der Waals surface area contributed by atoms with E-state index in [9.17, 15) is 4.79 Å². The molecule has 1 heterocycles. The van der Waals surface area contributed by atoms with Crippen LogP contribution in [0.3, 0.4) is 0 Å². The maximum absolute atomic E-state index is 10.5. The third kappa shape index (κ3) is 1.83. The van der Waals surface area contributed by atoms with Gasteiger partial charge in [0, 0.05) is 20.1 Å². The number of hydrogen-bond donors (Lipinski definition) is 0. The lowest BCUT2D eigenvalue weighted by Gasteiger charge is -2.41. The molecule has 0 aromatic rings. The molecule has 0 spiro atoms. The summed E-state index contributed by atoms with van der Waals surface area (Å²) in [6.07, 6.45) is 0. The van der Waals surface area contributed by atoms with Gasteiger partial charge in [-0.15, -0.1) is 0 Å². The van der Waals surface area contributed by atoms with Crippen LogP contribution in [0, 0.1) is 0 Å². The molecule has 1 fully saturated rings. The Morgan fingerprint density at radius 2 is 2.27 bits per heavy atom. The molecule has 0 aromatic carbocycles. The summed E-state index contributed by atoms with van der Waals surface area (Å²) in [5.41, 5.74) is 0. The van der Waals surface area contributed by atoms with Crippen LogP contribution in [0.25, 0.3) is 0 Å². The highest BCUT2D eigenvalue weighted by molar-refractivity contribution is 6.62. The van der Waals surface area contributed by atoms with Crippen LogP contribution in [0.1, 0.15) is 0 Å². The van der Waals surface area contributed by atoms with Crippen molar-refractivity contribution in [3.63, 3.8) is 0 Å². The van der Waals surface area contributed by atoms with Crippen LogP contribution < -0.4 is 0 Å². The summed E-state index contributed by atoms with van der Waals surface area (Å²) in [6.45, 7) is 1.32. The fourth-order valence-corrected chi connectivity index (χ4v) is 1.12. The molecule has 0 N–H and O–H groups in total. The Morgan fingerprint density at radius 1 is 1.73 bits per heavy atom. The van der Waals surface area contributed by atoms with Crippen LogP contribution >= 0.6 is 11.6 Å². The van der Waals surface area contributed by atoms with Gasteiger partial charge in [0.25, 0.3) is 0 Å². The molecule has 0 aliphatic carbocycles. The van der Waals surface area contributed by atoms with E-state index in [0.717, 1.165) is 0 Å². The molecular formula is C6H11ClN2O2. The first-order valence-electron chi connectivity index (χ1n) is 3.36. The van der Waals surface area contributed by atoms with Crippen molar-refractivity contribution in [1.82, 2.24) is 9.96 Å². The number of likely N-dealkylation sites (N-methyl/N-ethyl adjacent to an activating group) is 1. The normalized spacial score (nSPS) is 18.7. The van der Waals surface area contributed by atoms with E-state index < -0.39 is 0 Å². The van der Waals surface area contributed by atoms with Gasteiger partial charge in [0.1, 0.15) is 0 Å². The Balaban J connectivity index is 2.23. The number of halogens is 1. The summed E-state index contributed by atoms with van der Waals surface area (Å²) < 4.78 is 0. The zero-order valence-corrected chi connectivity index (χ0v) is 7.34. The van der Waals surface area contributed by atoms with Crippen molar-refractivity contribution in [3.05, 3.63) is 0 Å². The van der Waals surface area contributed by atoms with E-state index in [1.807, 2.05) is 7.05 Å². The van der Waals surface area contributed by atoms with Gasteiger partial charge in [-0.05, 0) is 11.6 Å². The first kappa shape index (κ1) is 8.77. The van der Waals surface area contributed by atoms with E-state index in [1.54, 1.807) is 17.1 Å². The van der Waals surface area contributed by atoms with Gasteiger partial charge in [0.05, 0.1) is 13.2 Å². The van der Waals surface area contributed by atoms with Crippen molar-refractivity contribution in [3.8, 4) is 0 Å². The molecule has 1 amide bonds. The van der Waals surface area contributed by atoms with Crippen LogP contribution in [0.4, 0.5) is 4.79 Å². The van der Waals surface area contributed by atoms with Crippen molar-refractivity contribution >= 4 is 17.0 Å². The molecule has 1 aliphatic rings. The van der Waals surface area contributed by atoms with Crippen molar-refractivity contribution in [2.75, 3.05) is 27.2 Å². The summed E-state index contributed by atoms with van der Waals surface area (Å²) in [7, 11) is 3.44. The van der Waals surface area contributed by atoms with Crippen LogP contribution in [-0.2, 0) is 4.84 Å². The van der Waals surface area contributed by atoms with Gasteiger partial charge < -0.3 is 9.74 Å². The lowest BCUT2D eigenvalue weighted by atomic mass is 10.1. The number of likely N-dealkylation sites (tertiary alicyclic amines) is 1. The van der Waals surface area contributed by atoms with Crippen molar-refractivity contribution in [2.45, 2.75) is 6.04 Å². The van der Waals surface area contributed by atoms with E-state index in [1.165, 1.54) is 0 Å². The maximum atomic E-state index is 10.5. The van der Waals surface area contributed by atoms with Crippen molar-refractivity contribution in [1.29, 1.82) is 0 Å². The van der Waals surface area contributed by atoms with Gasteiger partial charge in [-0.2, -0.15) is 5.06 Å². The molecular weight excluding hydrogens is 168 g/mol. The summed E-state index contributed by atoms with van der Waals surface area (Å²) >= 11 is 5.22. The summed E-state index contributed by atoms with van der Waals surface area (Å²) in [5.74, 6) is 0. The Labute approximate surface area is 70.6 Å². The summed E-state index contributed by atoms with van der Waals surface area (Å²) in [5, 5.41) is 1.34. The Hall–Kier alpha value is -0.320. The van der Waals surface area contributed by atoms with E-state index in [4.69, 9.17) is 16.4 Å². The molecule has 0 saturated carbocycles. The molecule has 11 heavy (non-hydrogen) atoms. The Morgan fingerprint density at radius 3 is 2.64 bits per heavy atom. The predicted molar refractivity (Wildman–Crippen MR) is 41.4 cm³/mol. The first-order valence-corrected chi connectivity index (χ1v) is 3.74. The number of nitrogens with zero attached hydrogens (tertiary/aromatic N) is 2. The van der Waals surface area contributed by atoms with Crippen LogP contribution in [0.15, 0.2) is 0 Å². The van der Waals surface area contributed by atoms with Gasteiger partial charge >= 0.3 is 5.37 Å². The molecule has 4 nitrogen and oxygen atoms in total. The third-order valence-corrected chi connectivity index (χ3v) is 2.15. The second-order valence-corrected chi connectivity index (χ2v) is 2.86. The minimum absolute atomic E-state index is 0.294. The lowest BCUT2D eigenvalue weighted by molar-refractivity contribution is -0.166. The minimum Gasteiger partial charge on any atom is -0.326 e.